The van der Waals surface area contributed by atoms with Crippen molar-refractivity contribution in [2.24, 2.45) is 0 Å². The fourth-order valence-corrected chi connectivity index (χ4v) is 6.59. The van der Waals surface area contributed by atoms with Gasteiger partial charge in [0.15, 0.2) is 0 Å². The molecule has 3 nitrogen and oxygen atoms in total. The molecule has 0 spiro atoms. The van der Waals surface area contributed by atoms with E-state index < -0.39 is 0 Å². The molecule has 0 unspecified atom stereocenters. The molecule has 5 aromatic carbocycles. The molecule has 0 fully saturated rings. The smallest absolute Gasteiger partial charge is 0.145 e. The van der Waals surface area contributed by atoms with Crippen molar-refractivity contribution in [3.8, 4) is 39.1 Å². The van der Waals surface area contributed by atoms with Crippen LogP contribution in [0.15, 0.2) is 128 Å². The molecule has 1 aliphatic carbocycles. The predicted molar refractivity (Wildman–Crippen MR) is 161 cm³/mol. The summed E-state index contributed by atoms with van der Waals surface area (Å²) in [5, 5.41) is 6.11. The highest BCUT2D eigenvalue weighted by atomic mass is 15.0. The van der Waals surface area contributed by atoms with E-state index in [9.17, 15) is 0 Å². The second-order valence-corrected chi connectivity index (χ2v) is 10.2. The number of hydrogen-bond donors (Lipinski definition) is 0. The minimum Gasteiger partial charge on any atom is -0.293 e. The Morgan fingerprint density at radius 1 is 0.436 bits per heavy atom. The molecule has 0 aliphatic heterocycles. The maximum absolute atomic E-state index is 4.81. The van der Waals surface area contributed by atoms with Gasteiger partial charge in [-0.1, -0.05) is 66.7 Å². The van der Waals surface area contributed by atoms with Crippen molar-refractivity contribution in [3.05, 3.63) is 128 Å². The number of nitrogens with zero attached hydrogens (tertiary/aromatic N) is 3. The quantitative estimate of drug-likeness (QED) is 0.239. The fraction of sp³-hybridized carbons (Fsp3) is 0. The van der Waals surface area contributed by atoms with Gasteiger partial charge in [-0.15, -0.1) is 0 Å². The van der Waals surface area contributed by atoms with Crippen LogP contribution in [0.25, 0.3) is 82.7 Å². The Labute approximate surface area is 224 Å². The molecule has 9 rings (SSSR count). The van der Waals surface area contributed by atoms with Gasteiger partial charge in [0.1, 0.15) is 5.65 Å². The monoisotopic (exact) mass is 495 g/mol. The summed E-state index contributed by atoms with van der Waals surface area (Å²) >= 11 is 0. The van der Waals surface area contributed by atoms with E-state index in [-0.39, 0.29) is 0 Å². The van der Waals surface area contributed by atoms with Crippen LogP contribution in [-0.4, -0.2) is 14.5 Å². The zero-order chi connectivity index (χ0) is 25.5. The lowest BCUT2D eigenvalue weighted by atomic mass is 9.94. The molecule has 8 aromatic rings. The van der Waals surface area contributed by atoms with E-state index in [2.05, 4.69) is 113 Å². The van der Waals surface area contributed by atoms with Crippen LogP contribution in [0, 0.1) is 0 Å². The number of pyridine rings is 2. The van der Waals surface area contributed by atoms with E-state index in [1.54, 1.807) is 0 Å². The highest BCUT2D eigenvalue weighted by molar-refractivity contribution is 6.19. The molecule has 180 valence electrons. The molecule has 0 radical (unpaired) electrons. The maximum atomic E-state index is 4.81. The number of rotatable bonds is 2. The molecule has 3 aromatic heterocycles. The van der Waals surface area contributed by atoms with Crippen LogP contribution in [0.5, 0.6) is 0 Å². The molecule has 1 aliphatic rings. The van der Waals surface area contributed by atoms with Crippen LogP contribution >= 0.6 is 0 Å². The first-order chi connectivity index (χ1) is 19.4. The SMILES string of the molecule is c1ccc2c(c1)-c1cccc3c(-c4ccc(-n5c6ncccc6c6ccc7ncccc7c65)cc4)ccc-2c13. The van der Waals surface area contributed by atoms with Crippen molar-refractivity contribution >= 4 is 43.6 Å². The molecule has 3 heterocycles. The highest BCUT2D eigenvalue weighted by Crippen LogP contribution is 2.49. The minimum atomic E-state index is 0.958. The summed E-state index contributed by atoms with van der Waals surface area (Å²) in [6, 6.07) is 41.5. The van der Waals surface area contributed by atoms with Gasteiger partial charge < -0.3 is 0 Å². The summed E-state index contributed by atoms with van der Waals surface area (Å²) in [4.78, 5) is 9.43. The summed E-state index contributed by atoms with van der Waals surface area (Å²) in [6.45, 7) is 0. The van der Waals surface area contributed by atoms with Crippen molar-refractivity contribution in [3.63, 3.8) is 0 Å². The summed E-state index contributed by atoms with van der Waals surface area (Å²) < 4.78 is 2.28. The molecule has 0 amide bonds. The second kappa shape index (κ2) is 7.62. The summed E-state index contributed by atoms with van der Waals surface area (Å²) in [5.74, 6) is 0. The van der Waals surface area contributed by atoms with Crippen LogP contribution in [0.3, 0.4) is 0 Å². The first-order valence-electron chi connectivity index (χ1n) is 13.3. The largest absolute Gasteiger partial charge is 0.293 e. The van der Waals surface area contributed by atoms with Gasteiger partial charge in [0.2, 0.25) is 0 Å². The van der Waals surface area contributed by atoms with Gasteiger partial charge in [-0.2, -0.15) is 0 Å². The van der Waals surface area contributed by atoms with Gasteiger partial charge in [0, 0.05) is 34.2 Å². The van der Waals surface area contributed by atoms with Gasteiger partial charge in [-0.05, 0) is 92.7 Å². The summed E-state index contributed by atoms with van der Waals surface area (Å²) in [5.41, 5.74) is 11.9. The molecule has 39 heavy (non-hydrogen) atoms. The third-order valence-electron chi connectivity index (χ3n) is 8.25. The van der Waals surface area contributed by atoms with Crippen molar-refractivity contribution < 1.29 is 0 Å². The average Bonchev–Trinajstić information content (AvgIpc) is 3.52. The molecule has 0 atom stereocenters. The van der Waals surface area contributed by atoms with Crippen molar-refractivity contribution in [1.82, 2.24) is 14.5 Å². The fourth-order valence-electron chi connectivity index (χ4n) is 6.59. The van der Waals surface area contributed by atoms with Gasteiger partial charge in [-0.3, -0.25) is 9.55 Å². The van der Waals surface area contributed by atoms with Crippen LogP contribution in [0.1, 0.15) is 0 Å². The minimum absolute atomic E-state index is 0.958. The lowest BCUT2D eigenvalue weighted by Crippen LogP contribution is -1.96. The Balaban J connectivity index is 1.26. The topological polar surface area (TPSA) is 30.7 Å². The zero-order valence-corrected chi connectivity index (χ0v) is 21.0. The van der Waals surface area contributed by atoms with Crippen molar-refractivity contribution in [2.75, 3.05) is 0 Å². The van der Waals surface area contributed by atoms with E-state index in [1.807, 2.05) is 24.5 Å². The molecule has 0 saturated heterocycles. The Morgan fingerprint density at radius 2 is 1.13 bits per heavy atom. The number of fused-ring (bicyclic) bond motifs is 8. The molecule has 0 bridgehead atoms. The number of aromatic nitrogens is 3. The van der Waals surface area contributed by atoms with E-state index in [4.69, 9.17) is 4.98 Å². The van der Waals surface area contributed by atoms with E-state index in [0.717, 1.165) is 33.1 Å². The first-order valence-corrected chi connectivity index (χ1v) is 13.3. The third kappa shape index (κ3) is 2.76. The lowest BCUT2D eigenvalue weighted by Gasteiger charge is -2.12. The van der Waals surface area contributed by atoms with Crippen LogP contribution in [0.4, 0.5) is 0 Å². The first kappa shape index (κ1) is 20.7. The predicted octanol–water partition coefficient (Wildman–Crippen LogP) is 9.19. The Kier molecular flexibility index (Phi) is 4.05. The van der Waals surface area contributed by atoms with Crippen LogP contribution < -0.4 is 0 Å². The van der Waals surface area contributed by atoms with E-state index in [0.29, 0.717) is 0 Å². The van der Waals surface area contributed by atoms with Crippen molar-refractivity contribution in [2.45, 2.75) is 0 Å². The van der Waals surface area contributed by atoms with Gasteiger partial charge in [0.05, 0.1) is 11.0 Å². The van der Waals surface area contributed by atoms with Gasteiger partial charge in [-0.25, -0.2) is 4.98 Å². The summed E-state index contributed by atoms with van der Waals surface area (Å²) in [7, 11) is 0. The molecular formula is C36H21N3. The molecule has 0 N–H and O–H groups in total. The average molecular weight is 496 g/mol. The second-order valence-electron chi connectivity index (χ2n) is 10.2. The van der Waals surface area contributed by atoms with Crippen molar-refractivity contribution in [1.29, 1.82) is 0 Å². The third-order valence-corrected chi connectivity index (χ3v) is 8.25. The van der Waals surface area contributed by atoms with Crippen LogP contribution in [-0.2, 0) is 0 Å². The van der Waals surface area contributed by atoms with E-state index >= 15 is 0 Å². The molecular weight excluding hydrogens is 474 g/mol. The lowest BCUT2D eigenvalue weighted by molar-refractivity contribution is 1.14. The number of hydrogen-bond acceptors (Lipinski definition) is 2. The Bertz CT molecular complexity index is 2240. The Hall–Kier alpha value is -5.28. The van der Waals surface area contributed by atoms with Gasteiger partial charge in [0.25, 0.3) is 0 Å². The van der Waals surface area contributed by atoms with E-state index in [1.165, 1.54) is 49.5 Å². The molecule has 3 heteroatoms. The molecule has 0 saturated carbocycles. The summed E-state index contributed by atoms with van der Waals surface area (Å²) in [6.07, 6.45) is 3.72. The standard InChI is InChI=1S/C36H21N3/c1-2-7-26-25(6-1)28-9-3-8-27-24(16-17-29(26)34(27)28)22-12-14-23(15-13-22)39-35-30(31-10-4-21-38-36(31)39)18-19-33-32(35)11-5-20-37-33/h1-21H. The van der Waals surface area contributed by atoms with Crippen LogP contribution in [0.2, 0.25) is 0 Å². The van der Waals surface area contributed by atoms with Gasteiger partial charge >= 0.3 is 0 Å². The normalized spacial score (nSPS) is 12.1. The Morgan fingerprint density at radius 3 is 1.97 bits per heavy atom. The zero-order valence-electron chi connectivity index (χ0n) is 21.0. The number of benzene rings is 5. The maximum Gasteiger partial charge on any atom is 0.145 e. The highest BCUT2D eigenvalue weighted by Gasteiger charge is 2.22.